The number of nitrogens with one attached hydrogen (secondary N) is 2. The molecular formula is C32H20N6O4. The van der Waals surface area contributed by atoms with Crippen LogP contribution in [0.3, 0.4) is 0 Å². The summed E-state index contributed by atoms with van der Waals surface area (Å²) >= 11 is 0. The molecule has 202 valence electrons. The molecule has 7 rings (SSSR count). The van der Waals surface area contributed by atoms with Crippen molar-refractivity contribution in [3.63, 3.8) is 0 Å². The van der Waals surface area contributed by atoms with E-state index < -0.39 is 0 Å². The molecule has 2 amide bonds. The van der Waals surface area contributed by atoms with Crippen LogP contribution < -0.4 is 10.6 Å². The molecule has 0 bridgehead atoms. The standard InChI is InChI=1S/C32H20N6O4/c39-29(37-27-13-5-9-23(33-27)31-35-21-7-1-3-11-25(21)41-31)19-15-17-20(18-16-19)30(40)38-28-14-6-10-24(34-28)32-36-22-8-2-4-12-26(22)42-32/h1-18H,(H,33,37,39)(H,34,38,40). The first-order valence-electron chi connectivity index (χ1n) is 13.0. The molecule has 4 aromatic heterocycles. The second-order valence-electron chi connectivity index (χ2n) is 9.28. The monoisotopic (exact) mass is 552 g/mol. The Labute approximate surface area is 238 Å². The van der Waals surface area contributed by atoms with E-state index in [4.69, 9.17) is 8.83 Å². The zero-order valence-electron chi connectivity index (χ0n) is 21.8. The van der Waals surface area contributed by atoms with Gasteiger partial charge in [0.25, 0.3) is 11.8 Å². The van der Waals surface area contributed by atoms with Gasteiger partial charge in [0, 0.05) is 11.1 Å². The molecule has 0 fully saturated rings. The van der Waals surface area contributed by atoms with Gasteiger partial charge in [-0.15, -0.1) is 0 Å². The third-order valence-corrected chi connectivity index (χ3v) is 6.42. The smallest absolute Gasteiger partial charge is 0.256 e. The molecule has 0 atom stereocenters. The number of carbonyl (C=O) groups is 2. The van der Waals surface area contributed by atoms with Gasteiger partial charge < -0.3 is 19.5 Å². The Morgan fingerprint density at radius 1 is 0.476 bits per heavy atom. The van der Waals surface area contributed by atoms with Crippen molar-refractivity contribution in [1.29, 1.82) is 0 Å². The average Bonchev–Trinajstić information content (AvgIpc) is 3.66. The van der Waals surface area contributed by atoms with Gasteiger partial charge in [0.05, 0.1) is 0 Å². The van der Waals surface area contributed by atoms with Crippen LogP contribution in [0.1, 0.15) is 20.7 Å². The van der Waals surface area contributed by atoms with Crippen molar-refractivity contribution >= 4 is 45.6 Å². The highest BCUT2D eigenvalue weighted by Gasteiger charge is 2.15. The lowest BCUT2D eigenvalue weighted by molar-refractivity contribution is 0.101. The number of hydrogen-bond acceptors (Lipinski definition) is 8. The van der Waals surface area contributed by atoms with Crippen molar-refractivity contribution in [3.05, 3.63) is 120 Å². The van der Waals surface area contributed by atoms with Gasteiger partial charge in [-0.1, -0.05) is 36.4 Å². The minimum atomic E-state index is -0.378. The van der Waals surface area contributed by atoms with Crippen LogP contribution in [0.4, 0.5) is 11.6 Å². The Hall–Kier alpha value is -6.16. The average molecular weight is 553 g/mol. The van der Waals surface area contributed by atoms with Crippen molar-refractivity contribution in [3.8, 4) is 23.2 Å². The van der Waals surface area contributed by atoms with Crippen molar-refractivity contribution < 1.29 is 18.4 Å². The summed E-state index contributed by atoms with van der Waals surface area (Å²) in [4.78, 5) is 43.6. The number of hydrogen-bond donors (Lipinski definition) is 2. The van der Waals surface area contributed by atoms with E-state index in [1.807, 2.05) is 48.5 Å². The molecule has 0 unspecified atom stereocenters. The number of aromatic nitrogens is 4. The fraction of sp³-hybridized carbons (Fsp3) is 0. The number of nitrogens with zero attached hydrogens (tertiary/aromatic N) is 4. The molecule has 0 radical (unpaired) electrons. The van der Waals surface area contributed by atoms with Crippen molar-refractivity contribution in [1.82, 2.24) is 19.9 Å². The van der Waals surface area contributed by atoms with Gasteiger partial charge in [0.15, 0.2) is 11.2 Å². The molecule has 3 aromatic carbocycles. The minimum Gasteiger partial charge on any atom is -0.435 e. The van der Waals surface area contributed by atoms with E-state index in [2.05, 4.69) is 30.6 Å². The predicted molar refractivity (Wildman–Crippen MR) is 157 cm³/mol. The van der Waals surface area contributed by atoms with Crippen LogP contribution >= 0.6 is 0 Å². The third-order valence-electron chi connectivity index (χ3n) is 6.42. The van der Waals surface area contributed by atoms with Gasteiger partial charge in [-0.3, -0.25) is 9.59 Å². The van der Waals surface area contributed by atoms with Crippen LogP contribution in [0.5, 0.6) is 0 Å². The molecular weight excluding hydrogens is 532 g/mol. The highest BCUT2D eigenvalue weighted by atomic mass is 16.4. The van der Waals surface area contributed by atoms with Crippen LogP contribution in [-0.2, 0) is 0 Å². The van der Waals surface area contributed by atoms with Crippen molar-refractivity contribution in [2.75, 3.05) is 10.6 Å². The van der Waals surface area contributed by atoms with Gasteiger partial charge in [-0.25, -0.2) is 19.9 Å². The fourth-order valence-electron chi connectivity index (χ4n) is 4.36. The summed E-state index contributed by atoms with van der Waals surface area (Å²) in [5, 5.41) is 5.55. The van der Waals surface area contributed by atoms with Crippen LogP contribution in [0.15, 0.2) is 118 Å². The fourth-order valence-corrected chi connectivity index (χ4v) is 4.36. The second-order valence-corrected chi connectivity index (χ2v) is 9.28. The maximum atomic E-state index is 12.9. The summed E-state index contributed by atoms with van der Waals surface area (Å²) in [7, 11) is 0. The number of amides is 2. The molecule has 42 heavy (non-hydrogen) atoms. The van der Waals surface area contributed by atoms with Gasteiger partial charge in [0.2, 0.25) is 11.8 Å². The van der Waals surface area contributed by atoms with Gasteiger partial charge in [0.1, 0.15) is 34.1 Å². The SMILES string of the molecule is O=C(Nc1cccc(-c2nc3ccccc3o2)n1)c1ccc(C(=O)Nc2cccc(-c3nc4ccccc4o3)n2)cc1. The Balaban J connectivity index is 1.02. The number of benzene rings is 3. The zero-order chi connectivity index (χ0) is 28.5. The van der Waals surface area contributed by atoms with E-state index in [1.165, 1.54) is 0 Å². The molecule has 7 aromatic rings. The van der Waals surface area contributed by atoms with Crippen LogP contribution in [0.25, 0.3) is 45.4 Å². The number of rotatable bonds is 6. The molecule has 10 heteroatoms. The first-order valence-corrected chi connectivity index (χ1v) is 13.0. The first kappa shape index (κ1) is 24.9. The van der Waals surface area contributed by atoms with Crippen LogP contribution in [0.2, 0.25) is 0 Å². The maximum Gasteiger partial charge on any atom is 0.256 e. The number of carbonyl (C=O) groups excluding carboxylic acids is 2. The Kier molecular flexibility index (Phi) is 6.17. The lowest BCUT2D eigenvalue weighted by Crippen LogP contribution is -2.15. The molecule has 0 saturated carbocycles. The Morgan fingerprint density at radius 2 is 0.905 bits per heavy atom. The van der Waals surface area contributed by atoms with Crippen molar-refractivity contribution in [2.24, 2.45) is 0 Å². The van der Waals surface area contributed by atoms with Crippen LogP contribution in [-0.4, -0.2) is 31.8 Å². The van der Waals surface area contributed by atoms with Crippen molar-refractivity contribution in [2.45, 2.75) is 0 Å². The van der Waals surface area contributed by atoms with Gasteiger partial charge >= 0.3 is 0 Å². The molecule has 0 saturated heterocycles. The topological polar surface area (TPSA) is 136 Å². The van der Waals surface area contributed by atoms with Gasteiger partial charge in [-0.05, 0) is 72.8 Å². The summed E-state index contributed by atoms with van der Waals surface area (Å²) < 4.78 is 11.6. The lowest BCUT2D eigenvalue weighted by atomic mass is 10.1. The second kappa shape index (κ2) is 10.4. The minimum absolute atomic E-state index is 0.339. The van der Waals surface area contributed by atoms with E-state index in [0.717, 1.165) is 11.0 Å². The number of oxazole rings is 2. The quantitative estimate of drug-likeness (QED) is 0.236. The number of para-hydroxylation sites is 4. The molecule has 0 aliphatic rings. The highest BCUT2D eigenvalue weighted by Crippen LogP contribution is 2.25. The van der Waals surface area contributed by atoms with E-state index in [1.54, 1.807) is 60.7 Å². The lowest BCUT2D eigenvalue weighted by Gasteiger charge is -2.08. The molecule has 0 aliphatic heterocycles. The zero-order valence-corrected chi connectivity index (χ0v) is 21.8. The summed E-state index contributed by atoms with van der Waals surface area (Å²) in [6, 6.07) is 31.5. The van der Waals surface area contributed by atoms with Gasteiger partial charge in [-0.2, -0.15) is 0 Å². The maximum absolute atomic E-state index is 12.9. The largest absolute Gasteiger partial charge is 0.435 e. The Morgan fingerprint density at radius 3 is 1.33 bits per heavy atom. The van der Waals surface area contributed by atoms with E-state index in [9.17, 15) is 9.59 Å². The normalized spacial score (nSPS) is 11.0. The Bertz CT molecular complexity index is 1880. The molecule has 2 N–H and O–H groups in total. The van der Waals surface area contributed by atoms with E-state index in [0.29, 0.717) is 57.1 Å². The molecule has 0 aliphatic carbocycles. The molecule has 0 spiro atoms. The summed E-state index contributed by atoms with van der Waals surface area (Å²) in [6.07, 6.45) is 0. The molecule has 4 heterocycles. The first-order chi connectivity index (χ1) is 20.6. The van der Waals surface area contributed by atoms with Crippen LogP contribution in [0, 0.1) is 0 Å². The summed E-state index contributed by atoms with van der Waals surface area (Å²) in [5.41, 5.74) is 4.45. The number of pyridine rings is 2. The highest BCUT2D eigenvalue weighted by molar-refractivity contribution is 6.06. The van der Waals surface area contributed by atoms with E-state index >= 15 is 0 Å². The predicted octanol–water partition coefficient (Wildman–Crippen LogP) is 6.60. The summed E-state index contributed by atoms with van der Waals surface area (Å²) in [6.45, 7) is 0. The summed E-state index contributed by atoms with van der Waals surface area (Å²) in [5.74, 6) is 0.639. The third kappa shape index (κ3) is 4.95. The molecule has 10 nitrogen and oxygen atoms in total. The number of fused-ring (bicyclic) bond motifs is 2. The number of anilines is 2. The van der Waals surface area contributed by atoms with E-state index in [-0.39, 0.29) is 11.8 Å².